The number of hydrogen-bond donors (Lipinski definition) is 2. The third kappa shape index (κ3) is 3.00. The zero-order valence-corrected chi connectivity index (χ0v) is 18.2. The third-order valence-electron chi connectivity index (χ3n) is 6.30. The van der Waals surface area contributed by atoms with Gasteiger partial charge in [0.15, 0.2) is 5.75 Å². The SMILES string of the molecule is C=CC(=O)N1CCN2c3ncnc4cc(-c5cccc6[nH]c(=O)[nH]c56)c(Cl)c(c34)OCC2C1. The summed E-state index contributed by atoms with van der Waals surface area (Å²) in [6.45, 7) is 5.61. The van der Waals surface area contributed by atoms with Crippen molar-refractivity contribution in [1.82, 2.24) is 24.8 Å². The molecule has 2 N–H and O–H groups in total. The minimum atomic E-state index is -0.288. The second kappa shape index (κ2) is 7.35. The van der Waals surface area contributed by atoms with E-state index in [0.29, 0.717) is 59.1 Å². The van der Waals surface area contributed by atoms with E-state index in [0.717, 1.165) is 16.8 Å². The minimum Gasteiger partial charge on any atom is -0.489 e. The number of amides is 1. The van der Waals surface area contributed by atoms with Gasteiger partial charge in [-0.2, -0.15) is 0 Å². The van der Waals surface area contributed by atoms with Crippen LogP contribution < -0.4 is 15.3 Å². The Labute approximate surface area is 192 Å². The van der Waals surface area contributed by atoms with Crippen molar-refractivity contribution in [2.24, 2.45) is 0 Å². The van der Waals surface area contributed by atoms with Gasteiger partial charge in [0, 0.05) is 30.8 Å². The molecule has 10 heteroatoms. The summed E-state index contributed by atoms with van der Waals surface area (Å²) >= 11 is 6.93. The van der Waals surface area contributed by atoms with E-state index < -0.39 is 0 Å². The van der Waals surface area contributed by atoms with E-state index >= 15 is 0 Å². The lowest BCUT2D eigenvalue weighted by Crippen LogP contribution is -2.56. The zero-order valence-electron chi connectivity index (χ0n) is 17.5. The molecule has 2 aliphatic rings. The average Bonchev–Trinajstić information content (AvgIpc) is 3.13. The van der Waals surface area contributed by atoms with Gasteiger partial charge in [0.05, 0.1) is 33.0 Å². The Kier molecular flexibility index (Phi) is 4.41. The molecule has 166 valence electrons. The molecule has 1 saturated heterocycles. The fraction of sp³-hybridized carbons (Fsp3) is 0.217. The number of H-pyrrole nitrogens is 2. The Morgan fingerprint density at radius 3 is 2.97 bits per heavy atom. The highest BCUT2D eigenvalue weighted by atomic mass is 35.5. The molecule has 0 bridgehead atoms. The molecule has 2 aromatic heterocycles. The van der Waals surface area contributed by atoms with Crippen molar-refractivity contribution in [3.63, 3.8) is 0 Å². The van der Waals surface area contributed by atoms with Crippen molar-refractivity contribution < 1.29 is 9.53 Å². The highest BCUT2D eigenvalue weighted by Gasteiger charge is 2.35. The predicted octanol–water partition coefficient (Wildman–Crippen LogP) is 2.72. The highest BCUT2D eigenvalue weighted by molar-refractivity contribution is 6.37. The van der Waals surface area contributed by atoms with Crippen LogP contribution >= 0.6 is 11.6 Å². The van der Waals surface area contributed by atoms with Gasteiger partial charge in [-0.25, -0.2) is 14.8 Å². The monoisotopic (exact) mass is 462 g/mol. The second-order valence-corrected chi connectivity index (χ2v) is 8.49. The van der Waals surface area contributed by atoms with Gasteiger partial charge in [0.2, 0.25) is 5.91 Å². The van der Waals surface area contributed by atoms with Gasteiger partial charge < -0.3 is 24.5 Å². The topological polar surface area (TPSA) is 107 Å². The number of imidazole rings is 1. The number of hydrogen-bond acceptors (Lipinski definition) is 6. The van der Waals surface area contributed by atoms with E-state index in [1.807, 2.05) is 24.3 Å². The van der Waals surface area contributed by atoms with E-state index in [2.05, 4.69) is 31.4 Å². The third-order valence-corrected chi connectivity index (χ3v) is 6.68. The number of benzene rings is 2. The maximum atomic E-state index is 12.2. The summed E-state index contributed by atoms with van der Waals surface area (Å²) in [6.07, 6.45) is 2.86. The van der Waals surface area contributed by atoms with Gasteiger partial charge in [-0.15, -0.1) is 0 Å². The van der Waals surface area contributed by atoms with Crippen LogP contribution in [0.3, 0.4) is 0 Å². The van der Waals surface area contributed by atoms with E-state index in [4.69, 9.17) is 16.3 Å². The first-order valence-electron chi connectivity index (χ1n) is 10.5. The number of nitrogens with one attached hydrogen (secondary N) is 2. The van der Waals surface area contributed by atoms with Gasteiger partial charge in [-0.3, -0.25) is 4.79 Å². The lowest BCUT2D eigenvalue weighted by molar-refractivity contribution is -0.126. The van der Waals surface area contributed by atoms with Gasteiger partial charge >= 0.3 is 5.69 Å². The van der Waals surface area contributed by atoms with Crippen LogP contribution in [-0.4, -0.2) is 63.0 Å². The van der Waals surface area contributed by atoms with Crippen molar-refractivity contribution in [3.05, 3.63) is 58.8 Å². The summed E-state index contributed by atoms with van der Waals surface area (Å²) in [5.74, 6) is 1.15. The lowest BCUT2D eigenvalue weighted by atomic mass is 10.0. The van der Waals surface area contributed by atoms with Crippen LogP contribution in [0.5, 0.6) is 5.75 Å². The van der Waals surface area contributed by atoms with Crippen molar-refractivity contribution in [2.75, 3.05) is 31.1 Å². The first-order chi connectivity index (χ1) is 16.0. The summed E-state index contributed by atoms with van der Waals surface area (Å²) in [5, 5.41) is 1.17. The van der Waals surface area contributed by atoms with Gasteiger partial charge in [-0.1, -0.05) is 30.3 Å². The summed E-state index contributed by atoms with van der Waals surface area (Å²) in [4.78, 5) is 42.7. The van der Waals surface area contributed by atoms with Gasteiger partial charge in [-0.05, 0) is 18.2 Å². The van der Waals surface area contributed by atoms with Crippen LogP contribution in [0.25, 0.3) is 33.1 Å². The van der Waals surface area contributed by atoms with Crippen LogP contribution in [0.15, 0.2) is 48.0 Å². The first kappa shape index (κ1) is 19.8. The standard InChI is InChI=1S/C23H19ClN6O3/c1-2-17(31)29-6-7-30-12(9-29)10-33-21-18-16(25-11-26-22(18)30)8-14(19(21)24)13-4-3-5-15-20(13)28-23(32)27-15/h2-5,8,11-12H,1,6-7,9-10H2,(H2,27,28,32). The summed E-state index contributed by atoms with van der Waals surface area (Å²) in [7, 11) is 0. The van der Waals surface area contributed by atoms with Crippen molar-refractivity contribution >= 4 is 45.3 Å². The van der Waals surface area contributed by atoms with E-state index in [9.17, 15) is 9.59 Å². The Morgan fingerprint density at radius 2 is 2.12 bits per heavy atom. The van der Waals surface area contributed by atoms with Crippen LogP contribution in [0.2, 0.25) is 5.02 Å². The number of rotatable bonds is 2. The fourth-order valence-corrected chi connectivity index (χ4v) is 5.07. The maximum Gasteiger partial charge on any atom is 0.323 e. The van der Waals surface area contributed by atoms with Crippen LogP contribution in [0, 0.1) is 0 Å². The van der Waals surface area contributed by atoms with Crippen molar-refractivity contribution in [2.45, 2.75) is 6.04 Å². The van der Waals surface area contributed by atoms with E-state index in [1.165, 1.54) is 12.4 Å². The van der Waals surface area contributed by atoms with E-state index in [-0.39, 0.29) is 17.6 Å². The van der Waals surface area contributed by atoms with Crippen molar-refractivity contribution in [3.8, 4) is 16.9 Å². The number of aromatic nitrogens is 4. The smallest absolute Gasteiger partial charge is 0.323 e. The van der Waals surface area contributed by atoms with Gasteiger partial charge in [0.25, 0.3) is 0 Å². The Hall–Kier alpha value is -3.85. The van der Waals surface area contributed by atoms with Crippen LogP contribution in [0.1, 0.15) is 0 Å². The number of para-hydroxylation sites is 1. The molecule has 0 spiro atoms. The summed E-state index contributed by atoms with van der Waals surface area (Å²) in [5.41, 5.74) is 3.22. The predicted molar refractivity (Wildman–Crippen MR) is 126 cm³/mol. The number of halogens is 1. The number of aromatic amines is 2. The normalized spacial score (nSPS) is 17.5. The number of piperazine rings is 1. The number of fused-ring (bicyclic) bond motifs is 3. The quantitative estimate of drug-likeness (QED) is 0.443. The zero-order chi connectivity index (χ0) is 22.7. The number of nitrogens with zero attached hydrogens (tertiary/aromatic N) is 4. The Bertz CT molecular complexity index is 1510. The molecule has 33 heavy (non-hydrogen) atoms. The molecule has 6 rings (SSSR count). The minimum absolute atomic E-state index is 0.0860. The number of carbonyl (C=O) groups excluding carboxylic acids is 1. The summed E-state index contributed by atoms with van der Waals surface area (Å²) in [6, 6.07) is 7.39. The molecule has 2 aromatic carbocycles. The van der Waals surface area contributed by atoms with Crippen LogP contribution in [0.4, 0.5) is 5.82 Å². The molecular weight excluding hydrogens is 444 g/mol. The number of anilines is 1. The van der Waals surface area contributed by atoms with Crippen molar-refractivity contribution in [1.29, 1.82) is 0 Å². The lowest BCUT2D eigenvalue weighted by Gasteiger charge is -2.40. The molecule has 0 radical (unpaired) electrons. The Morgan fingerprint density at radius 1 is 1.24 bits per heavy atom. The molecule has 2 aliphatic heterocycles. The van der Waals surface area contributed by atoms with Crippen LogP contribution in [-0.2, 0) is 4.79 Å². The molecular formula is C23H19ClN6O3. The van der Waals surface area contributed by atoms with Gasteiger partial charge in [0.1, 0.15) is 18.8 Å². The Balaban J connectivity index is 1.52. The maximum absolute atomic E-state index is 12.2. The molecule has 1 unspecified atom stereocenters. The number of ether oxygens (including phenoxy) is 1. The molecule has 4 heterocycles. The second-order valence-electron chi connectivity index (χ2n) is 8.11. The first-order valence-corrected chi connectivity index (χ1v) is 10.9. The molecule has 1 fully saturated rings. The number of carbonyl (C=O) groups is 1. The molecule has 1 amide bonds. The van der Waals surface area contributed by atoms with E-state index in [1.54, 1.807) is 4.90 Å². The highest BCUT2D eigenvalue weighted by Crippen LogP contribution is 2.46. The molecule has 0 saturated carbocycles. The average molecular weight is 463 g/mol. The summed E-state index contributed by atoms with van der Waals surface area (Å²) < 4.78 is 6.26. The molecule has 0 aliphatic carbocycles. The molecule has 1 atom stereocenters. The molecule has 9 nitrogen and oxygen atoms in total. The molecule has 4 aromatic rings. The fourth-order valence-electron chi connectivity index (χ4n) is 4.77. The largest absolute Gasteiger partial charge is 0.489 e.